The molecule has 2 N–H and O–H groups in total. The van der Waals surface area contributed by atoms with Crippen molar-refractivity contribution in [2.75, 3.05) is 76.5 Å². The topological polar surface area (TPSA) is 167 Å². The number of halogens is 6. The molecule has 6 aliphatic heterocycles. The second-order valence-corrected chi connectivity index (χ2v) is 23.0. The van der Waals surface area contributed by atoms with E-state index in [1.165, 1.54) is 9.80 Å². The molecular formula is C58H64F6N10O6. The van der Waals surface area contributed by atoms with Gasteiger partial charge in [0.25, 0.3) is 11.8 Å². The molecule has 0 radical (unpaired) electrons. The van der Waals surface area contributed by atoms with Crippen molar-refractivity contribution >= 4 is 23.2 Å². The molecule has 2 amide bonds. The largest absolute Gasteiger partial charge is 0.416 e. The zero-order valence-electron chi connectivity index (χ0n) is 45.0. The molecule has 4 atom stereocenters. The number of rotatable bonds is 12. The van der Waals surface area contributed by atoms with E-state index in [4.69, 9.17) is 9.47 Å². The summed E-state index contributed by atoms with van der Waals surface area (Å²) in [5.74, 6) is 0.306. The Balaban J connectivity index is 0.000000169. The van der Waals surface area contributed by atoms with Crippen LogP contribution in [-0.2, 0) is 85.5 Å². The lowest BCUT2D eigenvalue weighted by Crippen LogP contribution is -2.49. The molecule has 12 rings (SSSR count). The molecule has 0 bridgehead atoms. The number of aliphatic hydroxyl groups excluding tert-OH is 2. The summed E-state index contributed by atoms with van der Waals surface area (Å²) in [7, 11) is 7.62. The molecule has 0 spiro atoms. The summed E-state index contributed by atoms with van der Waals surface area (Å²) >= 11 is 0. The standard InChI is InChI=1S/2C29H32F3N5O3/c2*1-35-7-6-25(38)19(13-35)8-18-9-22-23(24(10-18)29(30,31)32)14-37(27(22)39)21-5-3-4-20(11-21)28(15-40-16-28)12-26-34-33-17-36(26)2/h2*3-5,9-11,17,19,25,38H,6-8,12-16H2,1-2H3/t19-,25+;19-,25-/m00/s1. The number of aliphatic hydroxyl groups is 2. The van der Waals surface area contributed by atoms with Crippen molar-refractivity contribution in [3.63, 3.8) is 0 Å². The molecule has 6 aliphatic rings. The Hall–Kier alpha value is -6.56. The predicted molar refractivity (Wildman–Crippen MR) is 282 cm³/mol. The van der Waals surface area contributed by atoms with Crippen LogP contribution in [0.15, 0.2) is 85.5 Å². The molecule has 0 unspecified atom stereocenters. The predicted octanol–water partition coefficient (Wildman–Crippen LogP) is 6.72. The quantitative estimate of drug-likeness (QED) is 0.125. The van der Waals surface area contributed by atoms with Gasteiger partial charge in [-0.05, 0) is 122 Å². The Kier molecular flexibility index (Phi) is 14.8. The van der Waals surface area contributed by atoms with Gasteiger partial charge in [0.05, 0.1) is 62.9 Å². The van der Waals surface area contributed by atoms with Gasteiger partial charge in [0.1, 0.15) is 24.3 Å². The third-order valence-corrected chi connectivity index (χ3v) is 17.3. The number of piperidine rings is 2. The van der Waals surface area contributed by atoms with Gasteiger partial charge >= 0.3 is 12.4 Å². The Morgan fingerprint density at radius 2 is 0.988 bits per heavy atom. The molecular weight excluding hydrogens is 1050 g/mol. The van der Waals surface area contributed by atoms with E-state index in [-0.39, 0.29) is 70.9 Å². The lowest BCUT2D eigenvalue weighted by molar-refractivity contribution is -0.139. The Labute approximate surface area is 458 Å². The van der Waals surface area contributed by atoms with E-state index in [2.05, 4.69) is 30.2 Å². The van der Waals surface area contributed by atoms with E-state index in [1.807, 2.05) is 73.7 Å². The first-order valence-electron chi connectivity index (χ1n) is 26.9. The highest BCUT2D eigenvalue weighted by Gasteiger charge is 2.46. The second kappa shape index (κ2) is 21.4. The highest BCUT2D eigenvalue weighted by atomic mass is 19.4. The van der Waals surface area contributed by atoms with Crippen LogP contribution in [0.2, 0.25) is 0 Å². The molecule has 16 nitrogen and oxygen atoms in total. The van der Waals surface area contributed by atoms with E-state index in [0.717, 1.165) is 48.0 Å². The van der Waals surface area contributed by atoms with Gasteiger partial charge in [-0.3, -0.25) is 9.59 Å². The number of carbonyl (C=O) groups is 2. The second-order valence-electron chi connectivity index (χ2n) is 23.0. The minimum Gasteiger partial charge on any atom is -0.393 e. The maximum atomic E-state index is 14.3. The minimum atomic E-state index is -4.61. The molecule has 0 aliphatic carbocycles. The number of fused-ring (bicyclic) bond motifs is 2. The third kappa shape index (κ3) is 10.8. The van der Waals surface area contributed by atoms with Gasteiger partial charge in [0.15, 0.2) is 0 Å². The van der Waals surface area contributed by atoms with Crippen LogP contribution in [-0.4, -0.2) is 140 Å². The van der Waals surface area contributed by atoms with Crippen LogP contribution in [0.1, 0.15) is 89.7 Å². The summed E-state index contributed by atoms with van der Waals surface area (Å²) in [6, 6.07) is 20.4. The first kappa shape index (κ1) is 55.4. The first-order valence-corrected chi connectivity index (χ1v) is 26.9. The monoisotopic (exact) mass is 1110 g/mol. The number of aromatic nitrogens is 6. The van der Waals surface area contributed by atoms with Gasteiger partial charge in [-0.15, -0.1) is 20.4 Å². The number of amides is 2. The van der Waals surface area contributed by atoms with Crippen LogP contribution in [0.25, 0.3) is 0 Å². The molecule has 2 aromatic heterocycles. The fourth-order valence-electron chi connectivity index (χ4n) is 12.5. The fourth-order valence-corrected chi connectivity index (χ4v) is 12.5. The molecule has 424 valence electrons. The zero-order chi connectivity index (χ0) is 56.5. The highest BCUT2D eigenvalue weighted by molar-refractivity contribution is 6.11. The van der Waals surface area contributed by atoms with E-state index < -0.39 is 47.5 Å². The van der Waals surface area contributed by atoms with Gasteiger partial charge in [0.2, 0.25) is 0 Å². The number of likely N-dealkylation sites (tertiary alicyclic amines) is 2. The number of anilines is 2. The summed E-state index contributed by atoms with van der Waals surface area (Å²) in [6.45, 7) is 4.24. The van der Waals surface area contributed by atoms with E-state index in [1.54, 1.807) is 36.9 Å². The lowest BCUT2D eigenvalue weighted by Gasteiger charge is -2.42. The number of aryl methyl sites for hydroxylation is 2. The number of ether oxygens (including phenoxy) is 2. The summed E-state index contributed by atoms with van der Waals surface area (Å²) in [4.78, 5) is 34.3. The van der Waals surface area contributed by atoms with Crippen LogP contribution < -0.4 is 9.80 Å². The van der Waals surface area contributed by atoms with Gasteiger partial charge in [-0.2, -0.15) is 26.3 Å². The molecule has 6 aromatic rings. The van der Waals surface area contributed by atoms with Crippen molar-refractivity contribution in [2.24, 2.45) is 25.9 Å². The lowest BCUT2D eigenvalue weighted by atomic mass is 9.75. The highest BCUT2D eigenvalue weighted by Crippen LogP contribution is 2.45. The van der Waals surface area contributed by atoms with E-state index >= 15 is 0 Å². The van der Waals surface area contributed by atoms with E-state index in [0.29, 0.717) is 87.7 Å². The molecule has 80 heavy (non-hydrogen) atoms. The van der Waals surface area contributed by atoms with Crippen molar-refractivity contribution in [1.82, 2.24) is 39.3 Å². The van der Waals surface area contributed by atoms with Crippen LogP contribution in [0.4, 0.5) is 37.7 Å². The Bertz CT molecular complexity index is 3080. The van der Waals surface area contributed by atoms with Gasteiger partial charge in [-0.1, -0.05) is 24.3 Å². The van der Waals surface area contributed by atoms with Crippen molar-refractivity contribution in [3.05, 3.63) is 153 Å². The Morgan fingerprint density at radius 3 is 1.32 bits per heavy atom. The van der Waals surface area contributed by atoms with Crippen LogP contribution in [0.5, 0.6) is 0 Å². The average molecular weight is 1110 g/mol. The molecule has 4 fully saturated rings. The van der Waals surface area contributed by atoms with Gasteiger partial charge in [0, 0.05) is 98.3 Å². The number of alkyl halides is 6. The van der Waals surface area contributed by atoms with E-state index in [9.17, 15) is 46.1 Å². The SMILES string of the molecule is CN1CC[C@@H](O)[C@@H](Cc2cc3c(c(C(F)(F)F)c2)CN(c2cccc(C4(Cc5nncn5C)COC4)c2)C3=O)C1.CN1CC[C@H](O)[C@@H](Cc2cc3c(c(C(F)(F)F)c2)CN(c2cccc(C4(Cc5nncn5C)COC4)c2)C3=O)C1. The molecule has 0 saturated carbocycles. The van der Waals surface area contributed by atoms with Crippen molar-refractivity contribution < 1.29 is 55.6 Å². The van der Waals surface area contributed by atoms with Crippen molar-refractivity contribution in [1.29, 1.82) is 0 Å². The maximum Gasteiger partial charge on any atom is 0.416 e. The molecule has 22 heteroatoms. The number of hydrogen-bond donors (Lipinski definition) is 2. The zero-order valence-corrected chi connectivity index (χ0v) is 45.0. The van der Waals surface area contributed by atoms with Gasteiger partial charge < -0.3 is 48.4 Å². The fraction of sp³-hybridized carbons (Fsp3) is 0.483. The summed E-state index contributed by atoms with van der Waals surface area (Å²) in [5, 5.41) is 37.3. The number of hydrogen-bond acceptors (Lipinski definition) is 12. The van der Waals surface area contributed by atoms with Crippen molar-refractivity contribution in [2.45, 2.75) is 87.0 Å². The first-order chi connectivity index (χ1) is 38.1. The molecule has 4 aromatic carbocycles. The molecule has 8 heterocycles. The summed E-state index contributed by atoms with van der Waals surface area (Å²) in [5.41, 5.74) is 1.68. The summed E-state index contributed by atoms with van der Waals surface area (Å²) < 4.78 is 100. The van der Waals surface area contributed by atoms with Gasteiger partial charge in [-0.25, -0.2) is 0 Å². The van der Waals surface area contributed by atoms with Crippen LogP contribution >= 0.6 is 0 Å². The normalized spacial score (nSPS) is 22.9. The number of nitrogens with zero attached hydrogens (tertiary/aromatic N) is 10. The van der Waals surface area contributed by atoms with Crippen LogP contribution in [0, 0.1) is 11.8 Å². The van der Waals surface area contributed by atoms with Crippen molar-refractivity contribution in [3.8, 4) is 0 Å². The number of carbonyl (C=O) groups excluding carboxylic acids is 2. The smallest absolute Gasteiger partial charge is 0.393 e. The Morgan fingerprint density at radius 1 is 0.588 bits per heavy atom. The van der Waals surface area contributed by atoms with Crippen LogP contribution in [0.3, 0.4) is 0 Å². The summed E-state index contributed by atoms with van der Waals surface area (Å²) in [6.07, 6.45) is -4.24. The third-order valence-electron chi connectivity index (χ3n) is 17.3. The molecule has 4 saturated heterocycles. The minimum absolute atomic E-state index is 0.00580. The maximum absolute atomic E-state index is 14.3. The average Bonchev–Trinajstić information content (AvgIpc) is 4.31. The number of benzene rings is 4.